The quantitative estimate of drug-likeness (QED) is 0.725. The Labute approximate surface area is 96.0 Å². The Bertz CT molecular complexity index is 307. The molecule has 90 valence electrons. The fourth-order valence-electron chi connectivity index (χ4n) is 1.47. The number of nitrogens with one attached hydrogen (secondary N) is 1. The van der Waals surface area contributed by atoms with E-state index in [-0.39, 0.29) is 5.88 Å². The van der Waals surface area contributed by atoms with Gasteiger partial charge in [-0.1, -0.05) is 13.3 Å². The molecule has 0 radical (unpaired) electrons. The van der Waals surface area contributed by atoms with Crippen LogP contribution in [0.15, 0.2) is 18.3 Å². The second-order valence-corrected chi connectivity index (χ2v) is 3.78. The molecule has 1 aromatic heterocycles. The van der Waals surface area contributed by atoms with Gasteiger partial charge in [0.25, 0.3) is 0 Å². The molecule has 4 heteroatoms. The number of ether oxygens (including phenoxy) is 1. The SMILES string of the molecule is CCCC(C)NCCOc1ncccc1F. The topological polar surface area (TPSA) is 34.1 Å². The van der Waals surface area contributed by atoms with Crippen molar-refractivity contribution in [2.45, 2.75) is 32.7 Å². The van der Waals surface area contributed by atoms with Crippen molar-refractivity contribution >= 4 is 0 Å². The Morgan fingerprint density at radius 1 is 1.56 bits per heavy atom. The van der Waals surface area contributed by atoms with E-state index in [4.69, 9.17) is 4.74 Å². The number of hydrogen-bond acceptors (Lipinski definition) is 3. The molecule has 0 aliphatic rings. The van der Waals surface area contributed by atoms with E-state index in [0.29, 0.717) is 19.2 Å². The second-order valence-electron chi connectivity index (χ2n) is 3.78. The summed E-state index contributed by atoms with van der Waals surface area (Å²) in [6.07, 6.45) is 3.81. The lowest BCUT2D eigenvalue weighted by atomic mass is 10.2. The molecule has 0 fully saturated rings. The van der Waals surface area contributed by atoms with Gasteiger partial charge in [0.2, 0.25) is 5.88 Å². The van der Waals surface area contributed by atoms with Crippen LogP contribution in [0.25, 0.3) is 0 Å². The molecule has 0 spiro atoms. The first kappa shape index (κ1) is 12.9. The number of halogens is 1. The van der Waals surface area contributed by atoms with Crippen LogP contribution in [0.1, 0.15) is 26.7 Å². The molecule has 0 bridgehead atoms. The van der Waals surface area contributed by atoms with Crippen LogP contribution in [0.3, 0.4) is 0 Å². The summed E-state index contributed by atoms with van der Waals surface area (Å²) in [5, 5.41) is 3.30. The Kier molecular flexibility index (Phi) is 5.78. The van der Waals surface area contributed by atoms with Crippen LogP contribution in [0.4, 0.5) is 4.39 Å². The number of rotatable bonds is 7. The predicted octanol–water partition coefficient (Wildman–Crippen LogP) is 2.38. The van der Waals surface area contributed by atoms with Gasteiger partial charge >= 0.3 is 0 Å². The highest BCUT2D eigenvalue weighted by molar-refractivity contribution is 5.12. The van der Waals surface area contributed by atoms with Crippen LogP contribution >= 0.6 is 0 Å². The molecule has 1 rings (SSSR count). The van der Waals surface area contributed by atoms with E-state index in [9.17, 15) is 4.39 Å². The van der Waals surface area contributed by atoms with Crippen LogP contribution in [-0.2, 0) is 0 Å². The minimum absolute atomic E-state index is 0.0763. The highest BCUT2D eigenvalue weighted by Gasteiger charge is 2.03. The minimum Gasteiger partial charge on any atom is -0.474 e. The molecule has 1 N–H and O–H groups in total. The molecule has 1 atom stereocenters. The summed E-state index contributed by atoms with van der Waals surface area (Å²) < 4.78 is 18.3. The smallest absolute Gasteiger partial charge is 0.250 e. The highest BCUT2D eigenvalue weighted by Crippen LogP contribution is 2.10. The van der Waals surface area contributed by atoms with E-state index in [1.165, 1.54) is 12.3 Å². The standard InChI is InChI=1S/C12H19FN2O/c1-3-5-10(2)14-8-9-16-12-11(13)6-4-7-15-12/h4,6-7,10,14H,3,5,8-9H2,1-2H3. The summed E-state index contributed by atoms with van der Waals surface area (Å²) >= 11 is 0. The van der Waals surface area contributed by atoms with Gasteiger partial charge in [0, 0.05) is 18.8 Å². The maximum atomic E-state index is 13.1. The molecule has 16 heavy (non-hydrogen) atoms. The van der Waals surface area contributed by atoms with Crippen molar-refractivity contribution in [3.05, 3.63) is 24.1 Å². The first-order chi connectivity index (χ1) is 7.74. The zero-order valence-corrected chi connectivity index (χ0v) is 9.87. The molecule has 0 aliphatic heterocycles. The lowest BCUT2D eigenvalue weighted by Gasteiger charge is -2.12. The van der Waals surface area contributed by atoms with Crippen molar-refractivity contribution < 1.29 is 9.13 Å². The van der Waals surface area contributed by atoms with Crippen molar-refractivity contribution in [3.63, 3.8) is 0 Å². The van der Waals surface area contributed by atoms with Crippen molar-refractivity contribution in [3.8, 4) is 5.88 Å². The summed E-state index contributed by atoms with van der Waals surface area (Å²) in [5.74, 6) is -0.337. The van der Waals surface area contributed by atoms with Gasteiger partial charge in [-0.15, -0.1) is 0 Å². The van der Waals surface area contributed by atoms with Gasteiger partial charge in [-0.05, 0) is 25.5 Å². The van der Waals surface area contributed by atoms with E-state index in [1.54, 1.807) is 6.07 Å². The van der Waals surface area contributed by atoms with Crippen LogP contribution in [0.2, 0.25) is 0 Å². The molecular formula is C12H19FN2O. The maximum Gasteiger partial charge on any atom is 0.250 e. The largest absolute Gasteiger partial charge is 0.474 e. The normalized spacial score (nSPS) is 12.4. The van der Waals surface area contributed by atoms with Gasteiger partial charge < -0.3 is 10.1 Å². The monoisotopic (exact) mass is 226 g/mol. The summed E-state index contributed by atoms with van der Waals surface area (Å²) in [5.41, 5.74) is 0. The average Bonchev–Trinajstić information content (AvgIpc) is 2.27. The van der Waals surface area contributed by atoms with Crippen LogP contribution in [0, 0.1) is 5.82 Å². The lowest BCUT2D eigenvalue weighted by Crippen LogP contribution is -2.30. The third-order valence-electron chi connectivity index (χ3n) is 2.28. The average molecular weight is 226 g/mol. The first-order valence-electron chi connectivity index (χ1n) is 5.70. The zero-order chi connectivity index (χ0) is 11.8. The molecule has 1 unspecified atom stereocenters. The molecular weight excluding hydrogens is 207 g/mol. The van der Waals surface area contributed by atoms with Gasteiger partial charge in [-0.2, -0.15) is 0 Å². The van der Waals surface area contributed by atoms with Crippen LogP contribution in [-0.4, -0.2) is 24.2 Å². The molecule has 3 nitrogen and oxygen atoms in total. The summed E-state index contributed by atoms with van der Waals surface area (Å²) in [6.45, 7) is 5.42. The van der Waals surface area contributed by atoms with Gasteiger partial charge in [0.15, 0.2) is 5.82 Å². The molecule has 1 aromatic rings. The molecule has 0 saturated heterocycles. The van der Waals surface area contributed by atoms with Crippen molar-refractivity contribution in [1.29, 1.82) is 0 Å². The summed E-state index contributed by atoms with van der Waals surface area (Å²) in [6, 6.07) is 3.36. The van der Waals surface area contributed by atoms with E-state index in [2.05, 4.69) is 24.1 Å². The van der Waals surface area contributed by atoms with Gasteiger partial charge in [0.1, 0.15) is 6.61 Å². The van der Waals surface area contributed by atoms with Crippen molar-refractivity contribution in [2.24, 2.45) is 0 Å². The van der Waals surface area contributed by atoms with E-state index >= 15 is 0 Å². The molecule has 0 aliphatic carbocycles. The zero-order valence-electron chi connectivity index (χ0n) is 9.87. The Hall–Kier alpha value is -1.16. The molecule has 0 amide bonds. The van der Waals surface area contributed by atoms with E-state index < -0.39 is 5.82 Å². The van der Waals surface area contributed by atoms with Gasteiger partial charge in [0.05, 0.1) is 0 Å². The third kappa shape index (κ3) is 4.57. The minimum atomic E-state index is -0.413. The number of nitrogens with zero attached hydrogens (tertiary/aromatic N) is 1. The first-order valence-corrected chi connectivity index (χ1v) is 5.70. The van der Waals surface area contributed by atoms with E-state index in [1.807, 2.05) is 0 Å². The van der Waals surface area contributed by atoms with Crippen molar-refractivity contribution in [1.82, 2.24) is 10.3 Å². The lowest BCUT2D eigenvalue weighted by molar-refractivity contribution is 0.279. The number of aromatic nitrogens is 1. The van der Waals surface area contributed by atoms with Crippen LogP contribution in [0.5, 0.6) is 5.88 Å². The summed E-state index contributed by atoms with van der Waals surface area (Å²) in [7, 11) is 0. The third-order valence-corrected chi connectivity index (χ3v) is 2.28. The molecule has 0 aromatic carbocycles. The number of hydrogen-bond donors (Lipinski definition) is 1. The fourth-order valence-corrected chi connectivity index (χ4v) is 1.47. The second kappa shape index (κ2) is 7.17. The van der Waals surface area contributed by atoms with Gasteiger partial charge in [-0.3, -0.25) is 0 Å². The maximum absolute atomic E-state index is 13.1. The number of pyridine rings is 1. The van der Waals surface area contributed by atoms with Crippen LogP contribution < -0.4 is 10.1 Å². The Morgan fingerprint density at radius 3 is 3.06 bits per heavy atom. The van der Waals surface area contributed by atoms with E-state index in [0.717, 1.165) is 12.8 Å². The van der Waals surface area contributed by atoms with Gasteiger partial charge in [-0.25, -0.2) is 9.37 Å². The predicted molar refractivity (Wildman–Crippen MR) is 62.1 cm³/mol. The Morgan fingerprint density at radius 2 is 2.38 bits per heavy atom. The highest BCUT2D eigenvalue weighted by atomic mass is 19.1. The van der Waals surface area contributed by atoms with Crippen molar-refractivity contribution in [2.75, 3.05) is 13.2 Å². The summed E-state index contributed by atoms with van der Waals surface area (Å²) in [4.78, 5) is 3.81. The Balaban J connectivity index is 2.19. The molecule has 1 heterocycles. The fraction of sp³-hybridized carbons (Fsp3) is 0.583. The molecule has 0 saturated carbocycles.